The van der Waals surface area contributed by atoms with Crippen LogP contribution in [0.25, 0.3) is 0 Å². The zero-order valence-corrected chi connectivity index (χ0v) is 39.3. The zero-order chi connectivity index (χ0) is 42.3. The fourth-order valence-corrected chi connectivity index (χ4v) is 7.92. The van der Waals surface area contributed by atoms with Crippen LogP contribution in [0.3, 0.4) is 0 Å². The topological polar surface area (TPSA) is 78.9 Å². The van der Waals surface area contributed by atoms with Gasteiger partial charge in [-0.1, -0.05) is 258 Å². The van der Waals surface area contributed by atoms with Crippen molar-refractivity contribution in [3.63, 3.8) is 0 Å². The van der Waals surface area contributed by atoms with E-state index in [4.69, 9.17) is 14.2 Å². The van der Waals surface area contributed by atoms with E-state index in [1.54, 1.807) is 0 Å². The molecule has 0 heterocycles. The molecular formula is C52H100O6. The van der Waals surface area contributed by atoms with E-state index in [9.17, 15) is 14.4 Å². The van der Waals surface area contributed by atoms with E-state index in [1.165, 1.54) is 199 Å². The molecule has 344 valence electrons. The lowest BCUT2D eigenvalue weighted by Crippen LogP contribution is -2.30. The summed E-state index contributed by atoms with van der Waals surface area (Å²) in [5.41, 5.74) is 0. The number of unbranched alkanes of at least 4 members (excludes halogenated alkanes) is 37. The quantitative estimate of drug-likeness (QED) is 0.0346. The Morgan fingerprint density at radius 1 is 0.276 bits per heavy atom. The summed E-state index contributed by atoms with van der Waals surface area (Å²) in [5.74, 6) is -0.843. The maximum atomic E-state index is 12.8. The Morgan fingerprint density at radius 3 is 0.690 bits per heavy atom. The number of rotatable bonds is 48. The molecule has 0 saturated carbocycles. The smallest absolute Gasteiger partial charge is 0.306 e. The highest BCUT2D eigenvalue weighted by atomic mass is 16.6. The minimum Gasteiger partial charge on any atom is -0.462 e. The summed E-state index contributed by atoms with van der Waals surface area (Å²) in [6, 6.07) is 0. The van der Waals surface area contributed by atoms with E-state index < -0.39 is 6.10 Å². The molecule has 1 atom stereocenters. The highest BCUT2D eigenvalue weighted by Gasteiger charge is 2.19. The summed E-state index contributed by atoms with van der Waals surface area (Å²) in [7, 11) is 0. The summed E-state index contributed by atoms with van der Waals surface area (Å²) in [4.78, 5) is 37.9. The van der Waals surface area contributed by atoms with E-state index in [0.717, 1.165) is 57.8 Å². The lowest BCUT2D eigenvalue weighted by atomic mass is 10.0. The summed E-state index contributed by atoms with van der Waals surface area (Å²) >= 11 is 0. The number of hydrogen-bond acceptors (Lipinski definition) is 6. The molecule has 0 aliphatic heterocycles. The van der Waals surface area contributed by atoms with Crippen molar-refractivity contribution < 1.29 is 28.6 Å². The van der Waals surface area contributed by atoms with Crippen LogP contribution < -0.4 is 0 Å². The maximum Gasteiger partial charge on any atom is 0.306 e. The van der Waals surface area contributed by atoms with Crippen molar-refractivity contribution in [3.8, 4) is 0 Å². The molecule has 0 rings (SSSR count). The minimum atomic E-state index is -0.759. The first-order valence-corrected chi connectivity index (χ1v) is 26.0. The highest BCUT2D eigenvalue weighted by Crippen LogP contribution is 2.17. The number of carbonyl (C=O) groups is 3. The van der Waals surface area contributed by atoms with Crippen molar-refractivity contribution in [3.05, 3.63) is 0 Å². The Kier molecular flexibility index (Phi) is 46.8. The van der Waals surface area contributed by atoms with Gasteiger partial charge >= 0.3 is 17.9 Å². The Balaban J connectivity index is 4.25. The first-order chi connectivity index (χ1) is 28.5. The molecule has 0 aromatic rings. The van der Waals surface area contributed by atoms with Crippen LogP contribution >= 0.6 is 0 Å². The van der Waals surface area contributed by atoms with Gasteiger partial charge in [0.2, 0.25) is 0 Å². The van der Waals surface area contributed by atoms with Crippen molar-refractivity contribution in [2.24, 2.45) is 0 Å². The first-order valence-electron chi connectivity index (χ1n) is 26.0. The predicted molar refractivity (Wildman–Crippen MR) is 247 cm³/mol. The van der Waals surface area contributed by atoms with Crippen LogP contribution in [0.1, 0.15) is 297 Å². The Hall–Kier alpha value is -1.59. The molecule has 0 unspecified atom stereocenters. The van der Waals surface area contributed by atoms with Crippen LogP contribution in [0, 0.1) is 0 Å². The lowest BCUT2D eigenvalue weighted by Gasteiger charge is -2.18. The van der Waals surface area contributed by atoms with Gasteiger partial charge in [0.25, 0.3) is 0 Å². The van der Waals surface area contributed by atoms with Crippen LogP contribution in [0.5, 0.6) is 0 Å². The van der Waals surface area contributed by atoms with Crippen LogP contribution in [-0.4, -0.2) is 37.2 Å². The van der Waals surface area contributed by atoms with E-state index in [2.05, 4.69) is 20.8 Å². The second-order valence-corrected chi connectivity index (χ2v) is 17.8. The minimum absolute atomic E-state index is 0.0620. The number of carbonyl (C=O) groups excluding carboxylic acids is 3. The lowest BCUT2D eigenvalue weighted by molar-refractivity contribution is -0.167. The molecule has 0 aliphatic carbocycles. The molecular weight excluding hydrogens is 721 g/mol. The molecule has 0 fully saturated rings. The fourth-order valence-electron chi connectivity index (χ4n) is 7.92. The van der Waals surface area contributed by atoms with E-state index in [1.807, 2.05) is 0 Å². The van der Waals surface area contributed by atoms with Gasteiger partial charge in [-0.05, 0) is 19.3 Å². The largest absolute Gasteiger partial charge is 0.462 e. The molecule has 0 bridgehead atoms. The van der Waals surface area contributed by atoms with Crippen molar-refractivity contribution in [1.29, 1.82) is 0 Å². The van der Waals surface area contributed by atoms with Gasteiger partial charge in [-0.15, -0.1) is 0 Å². The van der Waals surface area contributed by atoms with Crippen molar-refractivity contribution in [2.75, 3.05) is 13.2 Å². The second kappa shape index (κ2) is 48.1. The fraction of sp³-hybridized carbons (Fsp3) is 0.942. The SMILES string of the molecule is CCCCCCCCCCCCCCCCCCCCC(=O)O[C@H](COC(=O)CCCCCCCCCCCC)COC(=O)CCCCCCCCCCCCCC. The molecule has 6 nitrogen and oxygen atoms in total. The molecule has 0 N–H and O–H groups in total. The van der Waals surface area contributed by atoms with Gasteiger partial charge < -0.3 is 14.2 Å². The third-order valence-corrected chi connectivity index (χ3v) is 11.9. The maximum absolute atomic E-state index is 12.8. The molecule has 0 aromatic heterocycles. The van der Waals surface area contributed by atoms with Gasteiger partial charge in [0.1, 0.15) is 13.2 Å². The van der Waals surface area contributed by atoms with Crippen LogP contribution in [0.2, 0.25) is 0 Å². The molecule has 0 aliphatic rings. The average molecular weight is 821 g/mol. The van der Waals surface area contributed by atoms with Crippen molar-refractivity contribution in [1.82, 2.24) is 0 Å². The van der Waals surface area contributed by atoms with Gasteiger partial charge in [0, 0.05) is 19.3 Å². The van der Waals surface area contributed by atoms with Crippen LogP contribution in [0.15, 0.2) is 0 Å². The predicted octanol–water partition coefficient (Wildman–Crippen LogP) is 16.8. The van der Waals surface area contributed by atoms with Gasteiger partial charge in [0.05, 0.1) is 0 Å². The van der Waals surface area contributed by atoms with Gasteiger partial charge in [-0.25, -0.2) is 0 Å². The number of ether oxygens (including phenoxy) is 3. The molecule has 0 spiro atoms. The number of hydrogen-bond donors (Lipinski definition) is 0. The summed E-state index contributed by atoms with van der Waals surface area (Å²) in [5, 5.41) is 0. The van der Waals surface area contributed by atoms with Gasteiger partial charge in [-0.2, -0.15) is 0 Å². The van der Waals surface area contributed by atoms with Crippen LogP contribution in [0.4, 0.5) is 0 Å². The second-order valence-electron chi connectivity index (χ2n) is 17.8. The van der Waals surface area contributed by atoms with Crippen molar-refractivity contribution in [2.45, 2.75) is 303 Å². The third kappa shape index (κ3) is 45.5. The summed E-state index contributed by atoms with van der Waals surface area (Å²) < 4.78 is 16.8. The monoisotopic (exact) mass is 821 g/mol. The molecule has 0 aromatic carbocycles. The number of esters is 3. The van der Waals surface area contributed by atoms with E-state index in [0.29, 0.717) is 19.3 Å². The van der Waals surface area contributed by atoms with Gasteiger partial charge in [0.15, 0.2) is 6.10 Å². The average Bonchev–Trinajstić information content (AvgIpc) is 3.22. The van der Waals surface area contributed by atoms with Gasteiger partial charge in [-0.3, -0.25) is 14.4 Å². The molecule has 0 amide bonds. The Labute approximate surface area is 361 Å². The highest BCUT2D eigenvalue weighted by molar-refractivity contribution is 5.71. The first kappa shape index (κ1) is 56.4. The molecule has 0 radical (unpaired) electrons. The Morgan fingerprint density at radius 2 is 0.466 bits per heavy atom. The van der Waals surface area contributed by atoms with E-state index >= 15 is 0 Å². The normalized spacial score (nSPS) is 11.8. The molecule has 0 saturated heterocycles. The Bertz CT molecular complexity index is 859. The molecule has 6 heteroatoms. The summed E-state index contributed by atoms with van der Waals surface area (Å²) in [6.07, 6.45) is 50.9. The standard InChI is InChI=1S/C52H100O6/c1-4-7-10-13-16-19-22-24-25-26-27-28-29-31-34-37-40-43-46-52(55)58-49(47-56-50(53)44-41-38-35-32-21-18-15-12-9-6-3)48-57-51(54)45-42-39-36-33-30-23-20-17-14-11-8-5-2/h49H,4-48H2,1-3H3/t49-/m1/s1. The van der Waals surface area contributed by atoms with Crippen LogP contribution in [-0.2, 0) is 28.6 Å². The molecule has 58 heavy (non-hydrogen) atoms. The van der Waals surface area contributed by atoms with Crippen molar-refractivity contribution >= 4 is 17.9 Å². The zero-order valence-electron chi connectivity index (χ0n) is 39.3. The third-order valence-electron chi connectivity index (χ3n) is 11.9. The summed E-state index contributed by atoms with van der Waals surface area (Å²) in [6.45, 7) is 6.67. The van der Waals surface area contributed by atoms with E-state index in [-0.39, 0.29) is 31.1 Å².